The third-order valence-electron chi connectivity index (χ3n) is 7.26. The molecule has 1 aliphatic heterocycles. The van der Waals surface area contributed by atoms with Gasteiger partial charge in [-0.15, -0.1) is 0 Å². The normalized spacial score (nSPS) is 18.6. The minimum Gasteiger partial charge on any atom is -0.491 e. The molecule has 0 unspecified atom stereocenters. The largest absolute Gasteiger partial charge is 0.491 e. The number of rotatable bonds is 8. The van der Waals surface area contributed by atoms with Crippen LogP contribution < -0.4 is 25.4 Å². The van der Waals surface area contributed by atoms with Gasteiger partial charge < -0.3 is 30.3 Å². The first-order chi connectivity index (χ1) is 20.5. The summed E-state index contributed by atoms with van der Waals surface area (Å²) in [6.45, 7) is 11.0. The first-order valence-corrected chi connectivity index (χ1v) is 15.0. The Morgan fingerprint density at radius 1 is 1.09 bits per heavy atom. The second-order valence-corrected chi connectivity index (χ2v) is 11.8. The number of ether oxygens (including phenoxy) is 2. The maximum Gasteiger partial charge on any atom is 0.255 e. The van der Waals surface area contributed by atoms with Crippen LogP contribution in [0.1, 0.15) is 74.4 Å². The molecule has 2 aromatic carbocycles. The van der Waals surface area contributed by atoms with E-state index in [4.69, 9.17) is 9.47 Å². The fourth-order valence-corrected chi connectivity index (χ4v) is 4.89. The summed E-state index contributed by atoms with van der Waals surface area (Å²) in [5.41, 5.74) is 2.42. The molecule has 0 spiro atoms. The molecule has 0 saturated heterocycles. The van der Waals surface area contributed by atoms with Gasteiger partial charge in [-0.3, -0.25) is 19.2 Å². The molecule has 0 aliphatic carbocycles. The minimum atomic E-state index is -0.997. The molecule has 0 fully saturated rings. The van der Waals surface area contributed by atoms with Gasteiger partial charge in [0.2, 0.25) is 17.7 Å². The van der Waals surface area contributed by atoms with Gasteiger partial charge in [-0.05, 0) is 60.9 Å². The van der Waals surface area contributed by atoms with Crippen LogP contribution in [-0.4, -0.2) is 74.0 Å². The zero-order valence-corrected chi connectivity index (χ0v) is 26.2. The van der Waals surface area contributed by atoms with Crippen LogP contribution in [0.15, 0.2) is 42.5 Å². The van der Waals surface area contributed by atoms with Gasteiger partial charge in [0.1, 0.15) is 36.8 Å². The Morgan fingerprint density at radius 3 is 2.56 bits per heavy atom. The van der Waals surface area contributed by atoms with Crippen LogP contribution in [0.3, 0.4) is 0 Å². The highest BCUT2D eigenvalue weighted by Gasteiger charge is 2.28. The molecule has 1 heterocycles. The number of fused-ring (bicyclic) bond motifs is 1. The molecule has 0 radical (unpaired) electrons. The zero-order valence-electron chi connectivity index (χ0n) is 26.2. The van der Waals surface area contributed by atoms with Gasteiger partial charge in [0.05, 0.1) is 18.7 Å². The first-order valence-electron chi connectivity index (χ1n) is 15.0. The van der Waals surface area contributed by atoms with Gasteiger partial charge in [0, 0.05) is 13.5 Å². The quantitative estimate of drug-likeness (QED) is 0.401. The number of nitrogens with zero attached hydrogens (tertiary/aromatic N) is 1. The average Bonchev–Trinajstić information content (AvgIpc) is 2.96. The summed E-state index contributed by atoms with van der Waals surface area (Å²) in [6.07, 6.45) is 0.458. The van der Waals surface area contributed by atoms with Crippen molar-refractivity contribution in [3.05, 3.63) is 59.2 Å². The lowest BCUT2D eigenvalue weighted by molar-refractivity contribution is -0.136. The van der Waals surface area contributed by atoms with E-state index in [0.29, 0.717) is 12.2 Å². The van der Waals surface area contributed by atoms with E-state index in [0.717, 1.165) is 16.9 Å². The van der Waals surface area contributed by atoms with Gasteiger partial charge in [-0.1, -0.05) is 52.0 Å². The molecule has 2 aromatic rings. The Labute approximate surface area is 254 Å². The lowest BCUT2D eigenvalue weighted by Gasteiger charge is -2.26. The number of hydrogen-bond acceptors (Lipinski definition) is 6. The molecule has 4 amide bonds. The summed E-state index contributed by atoms with van der Waals surface area (Å²) in [7, 11) is 1.66. The van der Waals surface area contributed by atoms with E-state index in [1.807, 2.05) is 39.0 Å². The number of aryl methyl sites for hydroxylation is 1. The summed E-state index contributed by atoms with van der Waals surface area (Å²) in [5, 5.41) is 8.46. The van der Waals surface area contributed by atoms with E-state index in [2.05, 4.69) is 29.8 Å². The highest BCUT2D eigenvalue weighted by molar-refractivity contribution is 5.99. The second-order valence-electron chi connectivity index (χ2n) is 11.8. The number of amides is 4. The van der Waals surface area contributed by atoms with Crippen molar-refractivity contribution in [2.45, 2.75) is 71.9 Å². The van der Waals surface area contributed by atoms with E-state index < -0.39 is 23.9 Å². The SMILES string of the molecule is Cc1ccc(C(C)C)c(OCCNC(=O)[C@@H]2CCC(=O)N[C@@H](CC(C)C)C(=O)N(C)CCOc3ccccc3C(=O)N2)c1. The molecule has 0 bridgehead atoms. The minimum absolute atomic E-state index is 0.0428. The maximum atomic E-state index is 13.3. The van der Waals surface area contributed by atoms with Gasteiger partial charge >= 0.3 is 0 Å². The van der Waals surface area contributed by atoms with Crippen molar-refractivity contribution in [1.82, 2.24) is 20.9 Å². The summed E-state index contributed by atoms with van der Waals surface area (Å²) in [4.78, 5) is 54.3. The van der Waals surface area contributed by atoms with Crippen LogP contribution in [0, 0.1) is 12.8 Å². The predicted octanol–water partition coefficient (Wildman–Crippen LogP) is 3.57. The van der Waals surface area contributed by atoms with Crippen molar-refractivity contribution in [3.63, 3.8) is 0 Å². The van der Waals surface area contributed by atoms with E-state index in [-0.39, 0.29) is 68.4 Å². The predicted molar refractivity (Wildman–Crippen MR) is 165 cm³/mol. The van der Waals surface area contributed by atoms with E-state index in [9.17, 15) is 19.2 Å². The fourth-order valence-electron chi connectivity index (χ4n) is 4.89. The molecule has 10 heteroatoms. The van der Waals surface area contributed by atoms with Crippen LogP contribution in [0.5, 0.6) is 11.5 Å². The molecule has 3 rings (SSSR count). The van der Waals surface area contributed by atoms with Crippen LogP contribution in [0.2, 0.25) is 0 Å². The zero-order chi connectivity index (χ0) is 31.5. The van der Waals surface area contributed by atoms with Crippen molar-refractivity contribution < 1.29 is 28.7 Å². The number of para-hydroxylation sites is 1. The number of hydrogen-bond donors (Lipinski definition) is 3. The fraction of sp³-hybridized carbons (Fsp3) is 0.515. The number of carbonyl (C=O) groups excluding carboxylic acids is 4. The molecule has 1 aliphatic rings. The Balaban J connectivity index is 1.75. The number of benzene rings is 2. The third kappa shape index (κ3) is 10.0. The van der Waals surface area contributed by atoms with Crippen LogP contribution >= 0.6 is 0 Å². The standard InChI is InChI=1S/C33H46N4O6/c1-21(2)19-27-33(41)37(6)16-18-43-28-10-8-7-9-25(28)31(39)36-26(13-14-30(38)35-27)32(40)34-15-17-42-29-20-23(5)11-12-24(29)22(3)4/h7-12,20-22,26-27H,13-19H2,1-6H3,(H,34,40)(H,35,38)(H,36,39)/t26-,27-/m0/s1. The molecule has 43 heavy (non-hydrogen) atoms. The van der Waals surface area contributed by atoms with Crippen LogP contribution in [0.25, 0.3) is 0 Å². The van der Waals surface area contributed by atoms with Gasteiger partial charge in [0.15, 0.2) is 0 Å². The van der Waals surface area contributed by atoms with Crippen molar-refractivity contribution in [3.8, 4) is 11.5 Å². The molecule has 3 N–H and O–H groups in total. The second kappa shape index (κ2) is 16.0. The number of nitrogens with one attached hydrogen (secondary N) is 3. The van der Waals surface area contributed by atoms with Gasteiger partial charge in [0.25, 0.3) is 5.91 Å². The molecule has 2 atom stereocenters. The monoisotopic (exact) mass is 594 g/mol. The van der Waals surface area contributed by atoms with Crippen molar-refractivity contribution in [1.29, 1.82) is 0 Å². The molecule has 234 valence electrons. The Bertz CT molecular complexity index is 1280. The summed E-state index contributed by atoms with van der Waals surface area (Å²) >= 11 is 0. The summed E-state index contributed by atoms with van der Waals surface area (Å²) in [6, 6.07) is 11.1. The average molecular weight is 595 g/mol. The molecular formula is C33H46N4O6. The van der Waals surface area contributed by atoms with Crippen molar-refractivity contribution >= 4 is 23.6 Å². The summed E-state index contributed by atoms with van der Waals surface area (Å²) < 4.78 is 11.9. The lowest BCUT2D eigenvalue weighted by atomic mass is 10.0. The molecule has 0 aromatic heterocycles. The highest BCUT2D eigenvalue weighted by atomic mass is 16.5. The van der Waals surface area contributed by atoms with Crippen LogP contribution in [0.4, 0.5) is 0 Å². The van der Waals surface area contributed by atoms with Crippen LogP contribution in [-0.2, 0) is 14.4 Å². The molecular weight excluding hydrogens is 548 g/mol. The van der Waals surface area contributed by atoms with Gasteiger partial charge in [-0.2, -0.15) is 0 Å². The Morgan fingerprint density at radius 2 is 1.84 bits per heavy atom. The lowest BCUT2D eigenvalue weighted by Crippen LogP contribution is -2.50. The van der Waals surface area contributed by atoms with Gasteiger partial charge in [-0.25, -0.2) is 0 Å². The smallest absolute Gasteiger partial charge is 0.255 e. The first kappa shape index (κ1) is 33.4. The Kier molecular flexibility index (Phi) is 12.4. The highest BCUT2D eigenvalue weighted by Crippen LogP contribution is 2.27. The Hall–Kier alpha value is -4.08. The maximum absolute atomic E-state index is 13.3. The van der Waals surface area contributed by atoms with E-state index in [1.54, 1.807) is 31.3 Å². The number of likely N-dealkylation sites (N-methyl/N-ethyl adjacent to an activating group) is 1. The van der Waals surface area contributed by atoms with Crippen molar-refractivity contribution in [2.75, 3.05) is 33.4 Å². The van der Waals surface area contributed by atoms with E-state index >= 15 is 0 Å². The number of carbonyl (C=O) groups is 4. The molecule has 0 saturated carbocycles. The third-order valence-corrected chi connectivity index (χ3v) is 7.26. The molecule has 10 nitrogen and oxygen atoms in total. The van der Waals surface area contributed by atoms with E-state index in [1.165, 1.54) is 4.90 Å². The topological polar surface area (TPSA) is 126 Å². The summed E-state index contributed by atoms with van der Waals surface area (Å²) in [5.74, 6) is 0.0568. The van der Waals surface area contributed by atoms with Crippen molar-refractivity contribution in [2.24, 2.45) is 5.92 Å².